The molecule has 0 spiro atoms. The number of amides is 2. The smallest absolute Gasteiger partial charge is 0.352 e. The zero-order valence-electron chi connectivity index (χ0n) is 17.3. The summed E-state index contributed by atoms with van der Waals surface area (Å²) in [5.41, 5.74) is -0.147. The third kappa shape index (κ3) is 3.96. The van der Waals surface area contributed by atoms with Gasteiger partial charge in [0.05, 0.1) is 17.0 Å². The van der Waals surface area contributed by atoms with Gasteiger partial charge in [-0.2, -0.15) is 0 Å². The Labute approximate surface area is 185 Å². The van der Waals surface area contributed by atoms with Gasteiger partial charge in [-0.3, -0.25) is 19.5 Å². The molecule has 1 aromatic rings. The van der Waals surface area contributed by atoms with Crippen molar-refractivity contribution in [2.75, 3.05) is 39.0 Å². The molecule has 3 aliphatic rings. The fourth-order valence-corrected chi connectivity index (χ4v) is 5.84. The van der Waals surface area contributed by atoms with Crippen LogP contribution in [0.5, 0.6) is 0 Å². The van der Waals surface area contributed by atoms with Crippen LogP contribution < -0.4 is 0 Å². The summed E-state index contributed by atoms with van der Waals surface area (Å²) in [6, 6.07) is 4.99. The number of carbonyl (C=O) groups excluding carboxylic acids is 2. The van der Waals surface area contributed by atoms with E-state index in [0.717, 1.165) is 4.90 Å². The molecule has 2 fully saturated rings. The number of rotatable bonds is 4. The van der Waals surface area contributed by atoms with Gasteiger partial charge in [-0.25, -0.2) is 13.2 Å². The van der Waals surface area contributed by atoms with Gasteiger partial charge < -0.3 is 14.9 Å². The molecule has 1 aromatic heterocycles. The number of carboxylic acid groups (broad SMARTS) is 1. The van der Waals surface area contributed by atoms with Crippen molar-refractivity contribution in [1.29, 1.82) is 0 Å². The van der Waals surface area contributed by atoms with E-state index >= 15 is 0 Å². The van der Waals surface area contributed by atoms with E-state index in [9.17, 15) is 27.9 Å². The summed E-state index contributed by atoms with van der Waals surface area (Å²) in [4.78, 5) is 45.7. The van der Waals surface area contributed by atoms with E-state index in [1.54, 1.807) is 23.1 Å². The summed E-state index contributed by atoms with van der Waals surface area (Å²) >= 11 is 0. The monoisotopic (exact) mass is 458 g/mol. The van der Waals surface area contributed by atoms with Crippen LogP contribution in [-0.2, 0) is 24.2 Å². The Bertz CT molecular complexity index is 1160. The number of pyridine rings is 1. The minimum atomic E-state index is -3.92. The largest absolute Gasteiger partial charge is 0.477 e. The second-order valence-electron chi connectivity index (χ2n) is 7.83. The normalized spacial score (nSPS) is 24.6. The second-order valence-corrected chi connectivity index (χ2v) is 9.89. The Balaban J connectivity index is 1.64. The quantitative estimate of drug-likeness (QED) is 0.482. The van der Waals surface area contributed by atoms with Crippen molar-refractivity contribution in [3.05, 3.63) is 59.1 Å². The number of carboxylic acids is 1. The molecule has 0 aromatic carbocycles. The first-order valence-electron chi connectivity index (χ1n) is 9.99. The third-order valence-electron chi connectivity index (χ3n) is 5.64. The van der Waals surface area contributed by atoms with E-state index in [2.05, 4.69) is 9.88 Å². The molecule has 1 atom stereocenters. The van der Waals surface area contributed by atoms with Crippen molar-refractivity contribution in [2.24, 2.45) is 0 Å². The lowest BCUT2D eigenvalue weighted by Gasteiger charge is -2.45. The SMILES string of the molecule is CN1CCN(C(=O)/C=C\C2=C(C(=O)O)N3C(=O)/C(=C/c4ccccn4)C3S(=O)(=O)C2)CC1. The Hall–Kier alpha value is -3.31. The van der Waals surface area contributed by atoms with Gasteiger partial charge in [-0.1, -0.05) is 12.1 Å². The molecule has 4 heterocycles. The standard InChI is InChI=1S/C21H22N4O6S/c1-23-8-10-24(11-9-23)17(26)6-5-14-13-32(30,31)20-16(12-15-4-2-3-7-22-15)19(27)25(20)18(14)21(28)29/h2-7,12,20H,8-11,13H2,1H3,(H,28,29)/b6-5-,16-12-. The lowest BCUT2D eigenvalue weighted by molar-refractivity contribution is -0.141. The molecule has 10 nitrogen and oxygen atoms in total. The maximum atomic E-state index is 12.9. The van der Waals surface area contributed by atoms with Crippen LogP contribution in [0.15, 0.2) is 53.4 Å². The summed E-state index contributed by atoms with van der Waals surface area (Å²) in [5, 5.41) is 8.34. The number of hydrogen-bond donors (Lipinski definition) is 1. The van der Waals surface area contributed by atoms with Crippen molar-refractivity contribution < 1.29 is 27.9 Å². The average molecular weight is 458 g/mol. The first-order chi connectivity index (χ1) is 15.2. The predicted octanol–water partition coefficient (Wildman–Crippen LogP) is -0.269. The molecule has 0 aliphatic carbocycles. The molecule has 1 N–H and O–H groups in total. The number of aliphatic carboxylic acids is 1. The maximum Gasteiger partial charge on any atom is 0.352 e. The maximum absolute atomic E-state index is 12.9. The van der Waals surface area contributed by atoms with Crippen LogP contribution in [0.25, 0.3) is 6.08 Å². The van der Waals surface area contributed by atoms with Crippen LogP contribution in [0, 0.1) is 0 Å². The zero-order valence-corrected chi connectivity index (χ0v) is 18.2. The lowest BCUT2D eigenvalue weighted by Crippen LogP contribution is -2.62. The average Bonchev–Trinajstić information content (AvgIpc) is 2.76. The predicted molar refractivity (Wildman–Crippen MR) is 115 cm³/mol. The lowest BCUT2D eigenvalue weighted by atomic mass is 10.0. The Morgan fingerprint density at radius 1 is 1.19 bits per heavy atom. The highest BCUT2D eigenvalue weighted by Gasteiger charge is 2.56. The number of allylic oxidation sites excluding steroid dienone is 1. The van der Waals surface area contributed by atoms with Gasteiger partial charge in [0.25, 0.3) is 5.91 Å². The highest BCUT2D eigenvalue weighted by atomic mass is 32.2. The van der Waals surface area contributed by atoms with Gasteiger partial charge in [0.15, 0.2) is 15.2 Å². The summed E-state index contributed by atoms with van der Waals surface area (Å²) in [6.45, 7) is 2.48. The molecule has 2 saturated heterocycles. The number of likely N-dealkylation sites (N-methyl/N-ethyl adjacent to an activating group) is 1. The van der Waals surface area contributed by atoms with Crippen molar-refractivity contribution in [3.8, 4) is 0 Å². The van der Waals surface area contributed by atoms with Gasteiger partial charge in [-0.05, 0) is 30.8 Å². The molecule has 0 radical (unpaired) electrons. The molecule has 2 amide bonds. The number of aromatic nitrogens is 1. The topological polar surface area (TPSA) is 128 Å². The number of piperazine rings is 1. The van der Waals surface area contributed by atoms with E-state index in [1.165, 1.54) is 24.4 Å². The van der Waals surface area contributed by atoms with E-state index in [-0.39, 0.29) is 17.1 Å². The van der Waals surface area contributed by atoms with Crippen molar-refractivity contribution >= 4 is 33.7 Å². The van der Waals surface area contributed by atoms with E-state index in [1.807, 2.05) is 7.05 Å². The zero-order chi connectivity index (χ0) is 23.0. The molecule has 1 unspecified atom stereocenters. The molecule has 0 bridgehead atoms. The van der Waals surface area contributed by atoms with Crippen LogP contribution in [0.3, 0.4) is 0 Å². The highest BCUT2D eigenvalue weighted by Crippen LogP contribution is 2.41. The highest BCUT2D eigenvalue weighted by molar-refractivity contribution is 7.92. The molecule has 32 heavy (non-hydrogen) atoms. The molecule has 4 rings (SSSR count). The van der Waals surface area contributed by atoms with Crippen LogP contribution in [0.2, 0.25) is 0 Å². The first kappa shape index (κ1) is 21.9. The first-order valence-corrected chi connectivity index (χ1v) is 11.7. The van der Waals surface area contributed by atoms with Crippen LogP contribution in [0.1, 0.15) is 5.69 Å². The fourth-order valence-electron chi connectivity index (χ4n) is 3.94. The number of hydrogen-bond acceptors (Lipinski definition) is 7. The van der Waals surface area contributed by atoms with Gasteiger partial charge in [-0.15, -0.1) is 0 Å². The molecule has 168 valence electrons. The second kappa shape index (κ2) is 8.32. The third-order valence-corrected chi connectivity index (χ3v) is 7.50. The van der Waals surface area contributed by atoms with E-state index < -0.39 is 38.5 Å². The fraction of sp³-hybridized carbons (Fsp3) is 0.333. The number of β-lactam (4-membered cyclic amide) rings is 1. The number of carbonyl (C=O) groups is 3. The molecule has 0 saturated carbocycles. The van der Waals surface area contributed by atoms with Crippen LogP contribution in [-0.4, -0.2) is 95.3 Å². The van der Waals surface area contributed by atoms with E-state index in [0.29, 0.717) is 31.9 Å². The van der Waals surface area contributed by atoms with Crippen molar-refractivity contribution in [1.82, 2.24) is 19.7 Å². The summed E-state index contributed by atoms with van der Waals surface area (Å²) < 4.78 is 25.9. The van der Waals surface area contributed by atoms with Gasteiger partial charge in [0, 0.05) is 38.5 Å². The van der Waals surface area contributed by atoms with E-state index in [4.69, 9.17) is 0 Å². The van der Waals surface area contributed by atoms with Crippen molar-refractivity contribution in [3.63, 3.8) is 0 Å². The van der Waals surface area contributed by atoms with Gasteiger partial charge >= 0.3 is 5.97 Å². The summed E-state index contributed by atoms with van der Waals surface area (Å²) in [7, 11) is -1.97. The van der Waals surface area contributed by atoms with Crippen LogP contribution >= 0.6 is 0 Å². The molecular weight excluding hydrogens is 436 g/mol. The summed E-state index contributed by atoms with van der Waals surface area (Å²) in [6.07, 6.45) is 5.24. The molecular formula is C21H22N4O6S. The Morgan fingerprint density at radius 3 is 2.53 bits per heavy atom. The Kier molecular flexibility index (Phi) is 5.70. The minimum Gasteiger partial charge on any atom is -0.477 e. The minimum absolute atomic E-state index is 0.0287. The summed E-state index contributed by atoms with van der Waals surface area (Å²) in [5.74, 6) is -3.06. The number of sulfone groups is 1. The molecule has 11 heteroatoms. The van der Waals surface area contributed by atoms with Gasteiger partial charge in [0.1, 0.15) is 5.70 Å². The number of fused-ring (bicyclic) bond motifs is 1. The van der Waals surface area contributed by atoms with Crippen LogP contribution in [0.4, 0.5) is 0 Å². The number of nitrogens with zero attached hydrogens (tertiary/aromatic N) is 4. The molecule has 3 aliphatic heterocycles. The van der Waals surface area contributed by atoms with Crippen molar-refractivity contribution in [2.45, 2.75) is 5.37 Å². The van der Waals surface area contributed by atoms with Gasteiger partial charge in [0.2, 0.25) is 5.91 Å². The Morgan fingerprint density at radius 2 is 1.91 bits per heavy atom.